The van der Waals surface area contributed by atoms with Crippen molar-refractivity contribution >= 4 is 15.9 Å². The van der Waals surface area contributed by atoms with Gasteiger partial charge in [0.05, 0.1) is 6.10 Å². The summed E-state index contributed by atoms with van der Waals surface area (Å²) in [5, 5.41) is 9.97. The van der Waals surface area contributed by atoms with Gasteiger partial charge >= 0.3 is 0 Å². The zero-order valence-corrected chi connectivity index (χ0v) is 10.4. The molecule has 1 nitrogen and oxygen atoms in total. The van der Waals surface area contributed by atoms with Crippen LogP contribution in [0.25, 0.3) is 0 Å². The van der Waals surface area contributed by atoms with Gasteiger partial charge in [-0.2, -0.15) is 0 Å². The van der Waals surface area contributed by atoms with Crippen molar-refractivity contribution in [3.8, 4) is 0 Å². The maximum Gasteiger partial charge on any atom is 0.0821 e. The SMILES string of the molecule is Cc1cc2c(c(Br)c1C)CC(C)C2O. The molecule has 0 aromatic heterocycles. The largest absolute Gasteiger partial charge is 0.388 e. The Morgan fingerprint density at radius 1 is 1.43 bits per heavy atom. The van der Waals surface area contributed by atoms with Gasteiger partial charge in [-0.3, -0.25) is 0 Å². The van der Waals surface area contributed by atoms with Gasteiger partial charge in [-0.1, -0.05) is 28.9 Å². The summed E-state index contributed by atoms with van der Waals surface area (Å²) in [5.41, 5.74) is 4.97. The van der Waals surface area contributed by atoms with Crippen LogP contribution in [0, 0.1) is 19.8 Å². The first-order chi connectivity index (χ1) is 6.52. The Hall–Kier alpha value is -0.340. The topological polar surface area (TPSA) is 20.2 Å². The number of rotatable bonds is 0. The number of aryl methyl sites for hydroxylation is 1. The Kier molecular flexibility index (Phi) is 2.44. The van der Waals surface area contributed by atoms with Gasteiger partial charge in [-0.15, -0.1) is 0 Å². The fourth-order valence-electron chi connectivity index (χ4n) is 2.17. The predicted octanol–water partition coefficient (Wildman–Crippen LogP) is 3.29. The second kappa shape index (κ2) is 3.35. The van der Waals surface area contributed by atoms with Crippen LogP contribution in [0.3, 0.4) is 0 Å². The van der Waals surface area contributed by atoms with Crippen LogP contribution in [0.2, 0.25) is 0 Å². The third-order valence-corrected chi connectivity index (χ3v) is 4.36. The summed E-state index contributed by atoms with van der Waals surface area (Å²) in [6.45, 7) is 6.31. The minimum absolute atomic E-state index is 0.277. The molecule has 1 aromatic rings. The van der Waals surface area contributed by atoms with Crippen LogP contribution in [-0.4, -0.2) is 5.11 Å². The van der Waals surface area contributed by atoms with Crippen molar-refractivity contribution in [1.82, 2.24) is 0 Å². The molecule has 0 saturated heterocycles. The van der Waals surface area contributed by atoms with Crippen molar-refractivity contribution in [3.63, 3.8) is 0 Å². The van der Waals surface area contributed by atoms with E-state index in [-0.39, 0.29) is 6.10 Å². The molecule has 1 aromatic carbocycles. The van der Waals surface area contributed by atoms with Gasteiger partial charge in [0.25, 0.3) is 0 Å². The molecule has 2 heteroatoms. The van der Waals surface area contributed by atoms with Crippen molar-refractivity contribution in [2.75, 3.05) is 0 Å². The number of hydrogen-bond acceptors (Lipinski definition) is 1. The number of hydrogen-bond donors (Lipinski definition) is 1. The highest BCUT2D eigenvalue weighted by molar-refractivity contribution is 9.10. The number of halogens is 1. The first kappa shape index (κ1) is 10.2. The molecule has 1 aliphatic carbocycles. The molecule has 2 atom stereocenters. The van der Waals surface area contributed by atoms with Gasteiger partial charge in [-0.25, -0.2) is 0 Å². The number of fused-ring (bicyclic) bond motifs is 1. The molecule has 2 rings (SSSR count). The van der Waals surface area contributed by atoms with Crippen molar-refractivity contribution < 1.29 is 5.11 Å². The fourth-order valence-corrected chi connectivity index (χ4v) is 2.87. The summed E-state index contributed by atoms with van der Waals surface area (Å²) in [5.74, 6) is 0.350. The molecule has 2 unspecified atom stereocenters. The molecule has 1 aliphatic rings. The lowest BCUT2D eigenvalue weighted by molar-refractivity contribution is 0.133. The standard InChI is InChI=1S/C12H15BrO/c1-6-4-10-9(11(13)8(6)3)5-7(2)12(10)14/h4,7,12,14H,5H2,1-3H3. The summed E-state index contributed by atoms with van der Waals surface area (Å²) in [6.07, 6.45) is 0.707. The monoisotopic (exact) mass is 254 g/mol. The zero-order chi connectivity index (χ0) is 10.5. The minimum atomic E-state index is -0.277. The molecule has 0 radical (unpaired) electrons. The summed E-state index contributed by atoms with van der Waals surface area (Å²) in [7, 11) is 0. The van der Waals surface area contributed by atoms with Crippen LogP contribution in [0.1, 0.15) is 35.3 Å². The second-order valence-corrected chi connectivity index (χ2v) is 5.12. The Balaban J connectivity index is 2.64. The lowest BCUT2D eigenvalue weighted by atomic mass is 10.0. The molecule has 0 spiro atoms. The van der Waals surface area contributed by atoms with Crippen LogP contribution < -0.4 is 0 Å². The molecule has 0 amide bonds. The van der Waals surface area contributed by atoms with E-state index in [0.29, 0.717) is 5.92 Å². The highest BCUT2D eigenvalue weighted by Gasteiger charge is 2.30. The molecule has 14 heavy (non-hydrogen) atoms. The third kappa shape index (κ3) is 1.32. The smallest absolute Gasteiger partial charge is 0.0821 e. The van der Waals surface area contributed by atoms with E-state index in [4.69, 9.17) is 0 Å². The molecule has 1 N–H and O–H groups in total. The van der Waals surface area contributed by atoms with E-state index < -0.39 is 0 Å². The summed E-state index contributed by atoms with van der Waals surface area (Å²) in [4.78, 5) is 0. The molecule has 0 heterocycles. The van der Waals surface area contributed by atoms with E-state index in [9.17, 15) is 5.11 Å². The lowest BCUT2D eigenvalue weighted by Crippen LogP contribution is -2.01. The average Bonchev–Trinajstić information content (AvgIpc) is 2.42. The molecule has 0 aliphatic heterocycles. The Morgan fingerprint density at radius 2 is 2.07 bits per heavy atom. The number of aliphatic hydroxyl groups is 1. The van der Waals surface area contributed by atoms with E-state index in [1.54, 1.807) is 0 Å². The normalized spacial score (nSPS) is 25.2. The predicted molar refractivity (Wildman–Crippen MR) is 61.4 cm³/mol. The van der Waals surface area contributed by atoms with Crippen molar-refractivity contribution in [2.24, 2.45) is 5.92 Å². The van der Waals surface area contributed by atoms with Crippen LogP contribution in [-0.2, 0) is 6.42 Å². The maximum atomic E-state index is 9.97. The lowest BCUT2D eigenvalue weighted by Gasteiger charge is -2.11. The van der Waals surface area contributed by atoms with Crippen molar-refractivity contribution in [1.29, 1.82) is 0 Å². The first-order valence-electron chi connectivity index (χ1n) is 4.99. The average molecular weight is 255 g/mol. The Bertz CT molecular complexity index is 384. The summed E-state index contributed by atoms with van der Waals surface area (Å²) in [6, 6.07) is 2.13. The molecular weight excluding hydrogens is 240 g/mol. The molecule has 0 fully saturated rings. The van der Waals surface area contributed by atoms with Gasteiger partial charge in [0.2, 0.25) is 0 Å². The highest BCUT2D eigenvalue weighted by Crippen LogP contribution is 2.41. The Morgan fingerprint density at radius 3 is 2.71 bits per heavy atom. The fraction of sp³-hybridized carbons (Fsp3) is 0.500. The van der Waals surface area contributed by atoms with Crippen molar-refractivity contribution in [3.05, 3.63) is 32.8 Å². The van der Waals surface area contributed by atoms with E-state index in [1.807, 2.05) is 0 Å². The highest BCUT2D eigenvalue weighted by atomic mass is 79.9. The number of aliphatic hydroxyl groups excluding tert-OH is 1. The van der Waals surface area contributed by atoms with E-state index >= 15 is 0 Å². The van der Waals surface area contributed by atoms with Crippen molar-refractivity contribution in [2.45, 2.75) is 33.3 Å². The maximum absolute atomic E-state index is 9.97. The van der Waals surface area contributed by atoms with E-state index in [0.717, 1.165) is 12.0 Å². The molecular formula is C12H15BrO. The van der Waals surface area contributed by atoms with Crippen LogP contribution in [0.5, 0.6) is 0 Å². The van der Waals surface area contributed by atoms with Crippen LogP contribution in [0.4, 0.5) is 0 Å². The number of benzene rings is 1. The summed E-state index contributed by atoms with van der Waals surface area (Å²) < 4.78 is 1.19. The quantitative estimate of drug-likeness (QED) is 0.754. The van der Waals surface area contributed by atoms with Gasteiger partial charge < -0.3 is 5.11 Å². The van der Waals surface area contributed by atoms with Gasteiger partial charge in [-0.05, 0) is 48.4 Å². The van der Waals surface area contributed by atoms with Crippen LogP contribution >= 0.6 is 15.9 Å². The van der Waals surface area contributed by atoms with Crippen LogP contribution in [0.15, 0.2) is 10.5 Å². The molecule has 0 bridgehead atoms. The minimum Gasteiger partial charge on any atom is -0.388 e. The first-order valence-corrected chi connectivity index (χ1v) is 5.78. The second-order valence-electron chi connectivity index (χ2n) is 4.33. The van der Waals surface area contributed by atoms with E-state index in [2.05, 4.69) is 42.8 Å². The summed E-state index contributed by atoms with van der Waals surface area (Å²) >= 11 is 3.63. The Labute approximate surface area is 93.3 Å². The molecule has 76 valence electrons. The zero-order valence-electron chi connectivity index (χ0n) is 8.76. The third-order valence-electron chi connectivity index (χ3n) is 3.29. The van der Waals surface area contributed by atoms with Gasteiger partial charge in [0.1, 0.15) is 0 Å². The van der Waals surface area contributed by atoms with E-state index in [1.165, 1.54) is 21.2 Å². The van der Waals surface area contributed by atoms with Gasteiger partial charge in [0, 0.05) is 4.47 Å². The molecule has 0 saturated carbocycles. The van der Waals surface area contributed by atoms with Gasteiger partial charge in [0.15, 0.2) is 0 Å².